The summed E-state index contributed by atoms with van der Waals surface area (Å²) in [5, 5.41) is 3.57. The van der Waals surface area contributed by atoms with Crippen LogP contribution in [-0.4, -0.2) is 56.6 Å². The van der Waals surface area contributed by atoms with Crippen molar-refractivity contribution in [2.45, 2.75) is 70.0 Å². The molecule has 0 saturated heterocycles. The van der Waals surface area contributed by atoms with Crippen LogP contribution in [0.1, 0.15) is 50.7 Å². The lowest BCUT2D eigenvalue weighted by Crippen LogP contribution is -2.50. The smallest absolute Gasteiger partial charge is 0.329 e. The Morgan fingerprint density at radius 3 is 2.40 bits per heavy atom. The van der Waals surface area contributed by atoms with Crippen LogP contribution >= 0.6 is 0 Å². The van der Waals surface area contributed by atoms with Gasteiger partial charge in [0.1, 0.15) is 11.6 Å². The van der Waals surface area contributed by atoms with Gasteiger partial charge in [0.25, 0.3) is 0 Å². The zero-order valence-electron chi connectivity index (χ0n) is 24.5. The van der Waals surface area contributed by atoms with E-state index in [1.165, 1.54) is 17.0 Å². The fraction of sp³-hybridized carbons (Fsp3) is 0.419. The van der Waals surface area contributed by atoms with Gasteiger partial charge in [-0.15, -0.1) is 0 Å². The van der Waals surface area contributed by atoms with Crippen LogP contribution in [0.4, 0.5) is 32.1 Å². The number of carbonyl (C=O) groups excluding carboxylic acids is 1. The minimum Gasteiger partial charge on any atom is -0.367 e. The highest BCUT2D eigenvalue weighted by atomic mass is 32.2. The minimum absolute atomic E-state index is 0.154. The van der Waals surface area contributed by atoms with E-state index in [0.717, 1.165) is 42.8 Å². The molecule has 2 heterocycles. The van der Waals surface area contributed by atoms with E-state index in [2.05, 4.69) is 34.0 Å². The first-order chi connectivity index (χ1) is 20.0. The van der Waals surface area contributed by atoms with E-state index in [0.29, 0.717) is 23.3 Å². The number of halogens is 1. The molecule has 2 aromatic carbocycles. The van der Waals surface area contributed by atoms with E-state index in [9.17, 15) is 13.2 Å². The van der Waals surface area contributed by atoms with Crippen LogP contribution in [0.3, 0.4) is 0 Å². The Morgan fingerprint density at radius 2 is 1.76 bits per heavy atom. The molecule has 5 rings (SSSR count). The molecule has 1 saturated carbocycles. The number of hydrogen-bond donors (Lipinski definition) is 2. The van der Waals surface area contributed by atoms with Gasteiger partial charge in [-0.25, -0.2) is 22.6 Å². The number of rotatable bonds is 9. The van der Waals surface area contributed by atoms with Gasteiger partial charge in [-0.05, 0) is 77.4 Å². The Kier molecular flexibility index (Phi) is 8.70. The minimum atomic E-state index is -3.84. The fourth-order valence-electron chi connectivity index (χ4n) is 5.77. The van der Waals surface area contributed by atoms with Crippen molar-refractivity contribution in [2.24, 2.45) is 0 Å². The fourth-order valence-corrected chi connectivity index (χ4v) is 6.97. The number of amides is 2. The summed E-state index contributed by atoms with van der Waals surface area (Å²) in [6, 6.07) is 15.2. The number of sulfonamides is 1. The van der Waals surface area contributed by atoms with Gasteiger partial charge >= 0.3 is 6.03 Å². The van der Waals surface area contributed by atoms with E-state index >= 15 is 4.39 Å². The molecular formula is C31H39FN6O3S. The van der Waals surface area contributed by atoms with Crippen molar-refractivity contribution in [2.75, 3.05) is 33.9 Å². The third-order valence-corrected chi connectivity index (χ3v) is 9.26. The highest BCUT2D eigenvalue weighted by Crippen LogP contribution is 2.36. The Bertz CT molecular complexity index is 1520. The molecule has 0 atom stereocenters. The van der Waals surface area contributed by atoms with Gasteiger partial charge in [0.2, 0.25) is 10.0 Å². The Balaban J connectivity index is 1.32. The summed E-state index contributed by atoms with van der Waals surface area (Å²) in [5.74, 6) is -0.298. The van der Waals surface area contributed by atoms with Crippen LogP contribution in [0.25, 0.3) is 0 Å². The number of carbonyl (C=O) groups is 1. The van der Waals surface area contributed by atoms with Gasteiger partial charge in [0.15, 0.2) is 0 Å². The molecule has 1 aromatic heterocycles. The number of nitrogens with one attached hydrogen (secondary N) is 2. The van der Waals surface area contributed by atoms with Gasteiger partial charge in [0.05, 0.1) is 23.7 Å². The van der Waals surface area contributed by atoms with Crippen LogP contribution in [0.2, 0.25) is 0 Å². The first-order valence-corrected chi connectivity index (χ1v) is 16.0. The summed E-state index contributed by atoms with van der Waals surface area (Å²) >= 11 is 0. The van der Waals surface area contributed by atoms with Crippen molar-refractivity contribution < 1.29 is 17.6 Å². The summed E-state index contributed by atoms with van der Waals surface area (Å²) in [7, 11) is 0.418. The maximum absolute atomic E-state index is 15.2. The first-order valence-electron chi connectivity index (χ1n) is 14.4. The molecule has 2 amide bonds. The van der Waals surface area contributed by atoms with Crippen LogP contribution in [0.5, 0.6) is 0 Å². The van der Waals surface area contributed by atoms with E-state index in [4.69, 9.17) is 0 Å². The summed E-state index contributed by atoms with van der Waals surface area (Å²) in [4.78, 5) is 23.9. The first kappa shape index (κ1) is 29.8. The van der Waals surface area contributed by atoms with Crippen LogP contribution in [0.15, 0.2) is 60.8 Å². The van der Waals surface area contributed by atoms with Crippen molar-refractivity contribution >= 4 is 38.9 Å². The largest absolute Gasteiger partial charge is 0.367 e. The van der Waals surface area contributed by atoms with Gasteiger partial charge in [-0.2, -0.15) is 0 Å². The standard InChI is InChI=1S/C31H39FN6O3S/c1-21(2)38-29-17-30(34-24-10-12-25(13-11-24)36(3)4)33-18-23(29)19-37(31(38)39)26-14-15-28(27(32)16-26)35-42(40,41)20-22-8-6-5-7-9-22/h5-9,14-18,21,24-25,35H,10-13,19-20H2,1-4H3,(H,33,34). The lowest BCUT2D eigenvalue weighted by atomic mass is 9.90. The zero-order valence-corrected chi connectivity index (χ0v) is 25.4. The number of aromatic nitrogens is 1. The van der Waals surface area contributed by atoms with Gasteiger partial charge in [-0.1, -0.05) is 30.3 Å². The number of nitrogens with zero attached hydrogens (tertiary/aromatic N) is 4. The van der Waals surface area contributed by atoms with E-state index < -0.39 is 15.8 Å². The highest BCUT2D eigenvalue weighted by molar-refractivity contribution is 7.91. The molecule has 0 unspecified atom stereocenters. The van der Waals surface area contributed by atoms with E-state index in [1.807, 2.05) is 19.9 Å². The Labute approximate surface area is 247 Å². The number of pyridine rings is 1. The Hall–Kier alpha value is -3.70. The molecule has 2 N–H and O–H groups in total. The second kappa shape index (κ2) is 12.3. The quantitative estimate of drug-likeness (QED) is 0.325. The predicted octanol–water partition coefficient (Wildman–Crippen LogP) is 5.80. The molecule has 11 heteroatoms. The Morgan fingerprint density at radius 1 is 1.05 bits per heavy atom. The highest BCUT2D eigenvalue weighted by Gasteiger charge is 2.34. The predicted molar refractivity (Wildman–Crippen MR) is 166 cm³/mol. The third-order valence-electron chi connectivity index (χ3n) is 8.01. The molecular weight excluding hydrogens is 555 g/mol. The maximum Gasteiger partial charge on any atom is 0.329 e. The molecule has 0 spiro atoms. The third kappa shape index (κ3) is 6.68. The monoisotopic (exact) mass is 594 g/mol. The van der Waals surface area contributed by atoms with Gasteiger partial charge in [0, 0.05) is 41.6 Å². The molecule has 1 fully saturated rings. The average Bonchev–Trinajstić information content (AvgIpc) is 2.94. The summed E-state index contributed by atoms with van der Waals surface area (Å²) < 4.78 is 42.8. The van der Waals surface area contributed by atoms with Crippen LogP contribution in [0, 0.1) is 5.82 Å². The van der Waals surface area contributed by atoms with Crippen molar-refractivity contribution in [3.63, 3.8) is 0 Å². The van der Waals surface area contributed by atoms with Crippen LogP contribution in [-0.2, 0) is 22.3 Å². The SMILES string of the molecule is CC(C)N1C(=O)N(c2ccc(NS(=O)(=O)Cc3ccccc3)c(F)c2)Cc2cnc(NC3CCC(N(C)C)CC3)cc21. The summed E-state index contributed by atoms with van der Waals surface area (Å²) in [5.41, 5.74) is 2.39. The zero-order chi connectivity index (χ0) is 30.0. The molecule has 1 aliphatic heterocycles. The van der Waals surface area contributed by atoms with Crippen molar-refractivity contribution in [3.05, 3.63) is 77.7 Å². The normalized spacial score (nSPS) is 19.3. The molecule has 0 radical (unpaired) electrons. The molecule has 1 aliphatic carbocycles. The molecule has 0 bridgehead atoms. The number of hydrogen-bond acceptors (Lipinski definition) is 6. The van der Waals surface area contributed by atoms with Crippen molar-refractivity contribution in [1.29, 1.82) is 0 Å². The lowest BCUT2D eigenvalue weighted by molar-refractivity contribution is 0.221. The summed E-state index contributed by atoms with van der Waals surface area (Å²) in [6.45, 7) is 4.09. The summed E-state index contributed by atoms with van der Waals surface area (Å²) in [6.07, 6.45) is 6.16. The molecule has 3 aromatic rings. The lowest BCUT2D eigenvalue weighted by Gasteiger charge is -2.39. The van der Waals surface area contributed by atoms with Gasteiger partial charge in [-0.3, -0.25) is 14.5 Å². The molecule has 42 heavy (non-hydrogen) atoms. The number of benzene rings is 2. The second-order valence-corrected chi connectivity index (χ2v) is 13.4. The second-order valence-electron chi connectivity index (χ2n) is 11.7. The van der Waals surface area contributed by atoms with E-state index in [-0.39, 0.29) is 30.1 Å². The van der Waals surface area contributed by atoms with Crippen molar-refractivity contribution in [1.82, 2.24) is 9.88 Å². The number of urea groups is 1. The molecule has 9 nitrogen and oxygen atoms in total. The van der Waals surface area contributed by atoms with Gasteiger partial charge < -0.3 is 10.2 Å². The van der Waals surface area contributed by atoms with E-state index in [1.54, 1.807) is 47.5 Å². The topological polar surface area (TPSA) is 97.9 Å². The maximum atomic E-state index is 15.2. The average molecular weight is 595 g/mol. The van der Waals surface area contributed by atoms with Crippen LogP contribution < -0.4 is 19.8 Å². The van der Waals surface area contributed by atoms with Crippen molar-refractivity contribution in [3.8, 4) is 0 Å². The number of anilines is 4. The number of fused-ring (bicyclic) bond motifs is 1. The molecule has 2 aliphatic rings. The molecule has 224 valence electrons.